The summed E-state index contributed by atoms with van der Waals surface area (Å²) in [4.78, 5) is 12.3. The number of amides is 1. The van der Waals surface area contributed by atoms with E-state index >= 15 is 0 Å². The third-order valence-electron chi connectivity index (χ3n) is 3.55. The first-order valence-corrected chi connectivity index (χ1v) is 6.68. The van der Waals surface area contributed by atoms with E-state index in [1.165, 1.54) is 18.7 Å². The number of phenolic OH excluding ortho intramolecular Hbond substituents is 1. The second-order valence-electron chi connectivity index (χ2n) is 4.92. The van der Waals surface area contributed by atoms with E-state index in [1.807, 2.05) is 12.1 Å². The van der Waals surface area contributed by atoms with Gasteiger partial charge in [0.2, 0.25) is 0 Å². The number of hydrogen-bond acceptors (Lipinski definition) is 4. The van der Waals surface area contributed by atoms with Gasteiger partial charge >= 0.3 is 0 Å². The molecule has 5 heteroatoms. The molecule has 0 atom stereocenters. The molecule has 108 valence electrons. The van der Waals surface area contributed by atoms with Crippen molar-refractivity contribution in [3.63, 3.8) is 0 Å². The van der Waals surface area contributed by atoms with E-state index in [0.717, 1.165) is 18.7 Å². The van der Waals surface area contributed by atoms with Crippen LogP contribution in [0.2, 0.25) is 0 Å². The molecule has 1 heterocycles. The van der Waals surface area contributed by atoms with E-state index in [1.54, 1.807) is 18.2 Å². The number of nitrogens with one attached hydrogen (secondary N) is 2. The van der Waals surface area contributed by atoms with Gasteiger partial charge in [0.05, 0.1) is 12.8 Å². The highest BCUT2D eigenvalue weighted by atomic mass is 16.5. The lowest BCUT2D eigenvalue weighted by Crippen LogP contribution is -2.12. The number of carbonyl (C=O) groups is 1. The minimum Gasteiger partial charge on any atom is -0.506 e. The average Bonchev–Trinajstić information content (AvgIpc) is 2.96. The Hall–Kier alpha value is -2.53. The number of phenols is 1. The first-order chi connectivity index (χ1) is 10.2. The summed E-state index contributed by atoms with van der Waals surface area (Å²) < 4.78 is 5.09. The van der Waals surface area contributed by atoms with Crippen LogP contribution in [0.4, 0.5) is 5.69 Å². The van der Waals surface area contributed by atoms with Crippen LogP contribution in [0, 0.1) is 0 Å². The molecule has 0 aliphatic carbocycles. The summed E-state index contributed by atoms with van der Waals surface area (Å²) in [6.07, 6.45) is 0. The van der Waals surface area contributed by atoms with Crippen LogP contribution in [0.1, 0.15) is 21.5 Å². The van der Waals surface area contributed by atoms with Gasteiger partial charge in [0.15, 0.2) is 0 Å². The summed E-state index contributed by atoms with van der Waals surface area (Å²) >= 11 is 0. The van der Waals surface area contributed by atoms with Gasteiger partial charge in [-0.05, 0) is 35.4 Å². The number of rotatable bonds is 3. The Kier molecular flexibility index (Phi) is 3.50. The molecule has 5 nitrogen and oxygen atoms in total. The molecule has 1 aliphatic rings. The number of ether oxygens (including phenoxy) is 1. The van der Waals surface area contributed by atoms with Gasteiger partial charge in [-0.15, -0.1) is 0 Å². The number of carbonyl (C=O) groups excluding carboxylic acids is 1. The Morgan fingerprint density at radius 3 is 2.81 bits per heavy atom. The fourth-order valence-electron chi connectivity index (χ4n) is 2.37. The minimum atomic E-state index is -0.256. The van der Waals surface area contributed by atoms with Crippen LogP contribution in [0.5, 0.6) is 11.5 Å². The topological polar surface area (TPSA) is 70.6 Å². The van der Waals surface area contributed by atoms with Crippen molar-refractivity contribution >= 4 is 11.6 Å². The minimum absolute atomic E-state index is 0.00646. The highest BCUT2D eigenvalue weighted by molar-refractivity contribution is 6.05. The average molecular weight is 284 g/mol. The maximum absolute atomic E-state index is 12.3. The Bertz CT molecular complexity index is 698. The maximum atomic E-state index is 12.3. The Morgan fingerprint density at radius 2 is 2.00 bits per heavy atom. The van der Waals surface area contributed by atoms with E-state index < -0.39 is 0 Å². The van der Waals surface area contributed by atoms with Crippen molar-refractivity contribution in [1.29, 1.82) is 0 Å². The van der Waals surface area contributed by atoms with Gasteiger partial charge in [-0.3, -0.25) is 4.79 Å². The molecular weight excluding hydrogens is 268 g/mol. The van der Waals surface area contributed by atoms with Gasteiger partial charge in [0.1, 0.15) is 11.5 Å². The van der Waals surface area contributed by atoms with Gasteiger partial charge in [-0.2, -0.15) is 0 Å². The lowest BCUT2D eigenvalue weighted by Gasteiger charge is -2.10. The molecule has 2 aromatic rings. The first kappa shape index (κ1) is 13.5. The van der Waals surface area contributed by atoms with E-state index in [2.05, 4.69) is 10.6 Å². The second kappa shape index (κ2) is 5.46. The highest BCUT2D eigenvalue weighted by Gasteiger charge is 2.14. The molecule has 0 bridgehead atoms. The summed E-state index contributed by atoms with van der Waals surface area (Å²) in [5, 5.41) is 15.7. The third-order valence-corrected chi connectivity index (χ3v) is 3.55. The number of methoxy groups -OCH3 is 1. The zero-order valence-electron chi connectivity index (χ0n) is 11.6. The van der Waals surface area contributed by atoms with Crippen LogP contribution in [-0.4, -0.2) is 18.1 Å². The molecule has 1 amide bonds. The molecule has 0 radical (unpaired) electrons. The Balaban J connectivity index is 1.83. The fourth-order valence-corrected chi connectivity index (χ4v) is 2.37. The molecule has 0 fully saturated rings. The number of fused-ring (bicyclic) bond motifs is 1. The molecule has 0 unspecified atom stereocenters. The van der Waals surface area contributed by atoms with Crippen molar-refractivity contribution in [2.75, 3.05) is 12.4 Å². The Morgan fingerprint density at radius 1 is 1.19 bits per heavy atom. The molecule has 0 saturated heterocycles. The predicted octanol–water partition coefficient (Wildman–Crippen LogP) is 2.26. The molecule has 0 spiro atoms. The van der Waals surface area contributed by atoms with E-state index in [0.29, 0.717) is 17.0 Å². The zero-order valence-corrected chi connectivity index (χ0v) is 11.6. The first-order valence-electron chi connectivity index (χ1n) is 6.68. The van der Waals surface area contributed by atoms with E-state index in [9.17, 15) is 9.90 Å². The van der Waals surface area contributed by atoms with E-state index in [4.69, 9.17) is 4.74 Å². The Labute approximate surface area is 122 Å². The summed E-state index contributed by atoms with van der Waals surface area (Å²) in [7, 11) is 1.53. The summed E-state index contributed by atoms with van der Waals surface area (Å²) in [5.41, 5.74) is 3.26. The van der Waals surface area contributed by atoms with Gasteiger partial charge in [-0.25, -0.2) is 0 Å². The van der Waals surface area contributed by atoms with Crippen molar-refractivity contribution in [3.05, 3.63) is 53.1 Å². The van der Waals surface area contributed by atoms with Gasteiger partial charge in [0, 0.05) is 24.7 Å². The summed E-state index contributed by atoms with van der Waals surface area (Å²) in [5.74, 6) is 0.321. The lowest BCUT2D eigenvalue weighted by atomic mass is 10.1. The molecular formula is C16H16N2O3. The molecule has 3 rings (SSSR count). The fraction of sp³-hybridized carbons (Fsp3) is 0.188. The van der Waals surface area contributed by atoms with Gasteiger partial charge in [0.25, 0.3) is 5.91 Å². The lowest BCUT2D eigenvalue weighted by molar-refractivity contribution is 0.102. The van der Waals surface area contributed by atoms with Crippen LogP contribution in [-0.2, 0) is 13.1 Å². The summed E-state index contributed by atoms with van der Waals surface area (Å²) in [6, 6.07) is 10.3. The monoisotopic (exact) mass is 284 g/mol. The van der Waals surface area contributed by atoms with Crippen molar-refractivity contribution < 1.29 is 14.6 Å². The number of anilines is 1. The SMILES string of the molecule is COc1ccc(O)c(NC(=O)c2ccc3c(c2)CNC3)c1. The number of aromatic hydroxyl groups is 1. The van der Waals surface area contributed by atoms with Crippen molar-refractivity contribution in [2.45, 2.75) is 13.1 Å². The molecule has 21 heavy (non-hydrogen) atoms. The maximum Gasteiger partial charge on any atom is 0.255 e. The smallest absolute Gasteiger partial charge is 0.255 e. The normalized spacial score (nSPS) is 12.8. The summed E-state index contributed by atoms with van der Waals surface area (Å²) in [6.45, 7) is 1.62. The highest BCUT2D eigenvalue weighted by Crippen LogP contribution is 2.28. The van der Waals surface area contributed by atoms with Gasteiger partial charge < -0.3 is 20.5 Å². The second-order valence-corrected chi connectivity index (χ2v) is 4.92. The number of hydrogen-bond donors (Lipinski definition) is 3. The quantitative estimate of drug-likeness (QED) is 0.756. The van der Waals surface area contributed by atoms with Crippen LogP contribution < -0.4 is 15.4 Å². The molecule has 2 aromatic carbocycles. The molecule has 0 saturated carbocycles. The van der Waals surface area contributed by atoms with Gasteiger partial charge in [-0.1, -0.05) is 6.07 Å². The van der Waals surface area contributed by atoms with Crippen molar-refractivity contribution in [1.82, 2.24) is 5.32 Å². The third kappa shape index (κ3) is 2.68. The van der Waals surface area contributed by atoms with Crippen LogP contribution >= 0.6 is 0 Å². The van der Waals surface area contributed by atoms with E-state index in [-0.39, 0.29) is 11.7 Å². The predicted molar refractivity (Wildman–Crippen MR) is 79.6 cm³/mol. The standard InChI is InChI=1S/C16H16N2O3/c1-21-13-4-5-15(19)14(7-13)18-16(20)10-2-3-11-8-17-9-12(11)6-10/h2-7,17,19H,8-9H2,1H3,(H,18,20). The van der Waals surface area contributed by atoms with Crippen LogP contribution in [0.3, 0.4) is 0 Å². The molecule has 3 N–H and O–H groups in total. The van der Waals surface area contributed by atoms with Crippen molar-refractivity contribution in [2.24, 2.45) is 0 Å². The zero-order chi connectivity index (χ0) is 14.8. The number of benzene rings is 2. The molecule has 0 aromatic heterocycles. The molecule has 1 aliphatic heterocycles. The largest absolute Gasteiger partial charge is 0.506 e. The van der Waals surface area contributed by atoms with Crippen LogP contribution in [0.25, 0.3) is 0 Å². The van der Waals surface area contributed by atoms with Crippen LogP contribution in [0.15, 0.2) is 36.4 Å². The van der Waals surface area contributed by atoms with Crippen molar-refractivity contribution in [3.8, 4) is 11.5 Å².